The fourth-order valence-corrected chi connectivity index (χ4v) is 5.15. The third kappa shape index (κ3) is 3.75. The SMILES string of the molecule is COc1ccc2cc(CCNS(=O)(=O)C3C(C)NNC3C)c(=O)[nH]c2c1. The molecule has 2 aromatic rings. The summed E-state index contributed by atoms with van der Waals surface area (Å²) in [6, 6.07) is 6.83. The van der Waals surface area contributed by atoms with Gasteiger partial charge >= 0.3 is 0 Å². The number of methoxy groups -OCH3 is 1. The number of aromatic nitrogens is 1. The molecule has 26 heavy (non-hydrogen) atoms. The van der Waals surface area contributed by atoms with Crippen molar-refractivity contribution in [2.75, 3.05) is 13.7 Å². The van der Waals surface area contributed by atoms with Crippen molar-refractivity contribution < 1.29 is 13.2 Å². The van der Waals surface area contributed by atoms with Crippen molar-refractivity contribution in [1.82, 2.24) is 20.6 Å². The van der Waals surface area contributed by atoms with Gasteiger partial charge in [-0.15, -0.1) is 0 Å². The van der Waals surface area contributed by atoms with Gasteiger partial charge < -0.3 is 9.72 Å². The average Bonchev–Trinajstić information content (AvgIpc) is 2.94. The number of ether oxygens (including phenoxy) is 1. The van der Waals surface area contributed by atoms with E-state index in [0.29, 0.717) is 23.3 Å². The number of pyridine rings is 1. The summed E-state index contributed by atoms with van der Waals surface area (Å²) in [5.74, 6) is 0.663. The Morgan fingerprint density at radius 1 is 1.15 bits per heavy atom. The summed E-state index contributed by atoms with van der Waals surface area (Å²) in [6.45, 7) is 3.81. The number of H-pyrrole nitrogens is 1. The fraction of sp³-hybridized carbons (Fsp3) is 0.471. The lowest BCUT2D eigenvalue weighted by Gasteiger charge is -2.19. The monoisotopic (exact) mass is 380 g/mol. The number of hydrazine groups is 1. The molecule has 0 radical (unpaired) electrons. The number of nitrogens with one attached hydrogen (secondary N) is 4. The second-order valence-electron chi connectivity index (χ2n) is 6.60. The Bertz CT molecular complexity index is 947. The van der Waals surface area contributed by atoms with E-state index in [1.807, 2.05) is 26.0 Å². The molecular formula is C17H24N4O4S. The Balaban J connectivity index is 1.72. The van der Waals surface area contributed by atoms with Crippen molar-refractivity contribution in [3.63, 3.8) is 0 Å². The quantitative estimate of drug-likeness (QED) is 0.572. The van der Waals surface area contributed by atoms with Crippen LogP contribution >= 0.6 is 0 Å². The van der Waals surface area contributed by atoms with Crippen LogP contribution in [0.5, 0.6) is 5.75 Å². The van der Waals surface area contributed by atoms with Crippen LogP contribution in [-0.2, 0) is 16.4 Å². The number of rotatable bonds is 6. The summed E-state index contributed by atoms with van der Waals surface area (Å²) in [7, 11) is -1.93. The molecule has 1 aromatic heterocycles. The number of sulfonamides is 1. The largest absolute Gasteiger partial charge is 0.497 e. The predicted octanol–water partition coefficient (Wildman–Crippen LogP) is 0.252. The summed E-state index contributed by atoms with van der Waals surface area (Å²) in [5, 5.41) is 0.305. The molecule has 1 aliphatic rings. The van der Waals surface area contributed by atoms with E-state index in [1.165, 1.54) is 0 Å². The maximum absolute atomic E-state index is 12.5. The van der Waals surface area contributed by atoms with Gasteiger partial charge in [0.15, 0.2) is 0 Å². The average molecular weight is 380 g/mol. The molecule has 2 atom stereocenters. The molecule has 4 N–H and O–H groups in total. The van der Waals surface area contributed by atoms with Crippen LogP contribution in [0.15, 0.2) is 29.1 Å². The summed E-state index contributed by atoms with van der Waals surface area (Å²) < 4.78 is 32.8. The van der Waals surface area contributed by atoms with E-state index < -0.39 is 15.3 Å². The first-order valence-corrected chi connectivity index (χ1v) is 10.1. The summed E-state index contributed by atoms with van der Waals surface area (Å²) in [6.07, 6.45) is 0.312. The molecule has 0 bridgehead atoms. The topological polar surface area (TPSA) is 112 Å². The van der Waals surface area contributed by atoms with Crippen LogP contribution in [0, 0.1) is 0 Å². The highest BCUT2D eigenvalue weighted by atomic mass is 32.2. The Morgan fingerprint density at radius 3 is 2.50 bits per heavy atom. The van der Waals surface area contributed by atoms with Gasteiger partial charge in [0.1, 0.15) is 11.0 Å². The molecule has 0 amide bonds. The van der Waals surface area contributed by atoms with E-state index in [-0.39, 0.29) is 24.2 Å². The van der Waals surface area contributed by atoms with Crippen LogP contribution in [0.2, 0.25) is 0 Å². The van der Waals surface area contributed by atoms with Gasteiger partial charge in [-0.3, -0.25) is 15.6 Å². The van der Waals surface area contributed by atoms with E-state index in [2.05, 4.69) is 20.6 Å². The molecule has 0 aliphatic carbocycles. The Kier molecular flexibility index (Phi) is 5.33. The zero-order valence-corrected chi connectivity index (χ0v) is 15.8. The highest BCUT2D eigenvalue weighted by Gasteiger charge is 2.39. The second kappa shape index (κ2) is 7.36. The minimum Gasteiger partial charge on any atom is -0.497 e. The molecule has 3 rings (SSSR count). The maximum Gasteiger partial charge on any atom is 0.251 e. The summed E-state index contributed by atoms with van der Waals surface area (Å²) >= 11 is 0. The molecule has 142 valence electrons. The molecule has 0 spiro atoms. The molecule has 1 aromatic carbocycles. The van der Waals surface area contributed by atoms with Crippen LogP contribution in [-0.4, -0.2) is 44.4 Å². The first-order chi connectivity index (χ1) is 12.3. The lowest BCUT2D eigenvalue weighted by molar-refractivity contribution is 0.415. The normalized spacial score (nSPS) is 23.4. The van der Waals surface area contributed by atoms with E-state index in [0.717, 1.165) is 5.39 Å². The Hall–Kier alpha value is -1.94. The zero-order chi connectivity index (χ0) is 18.9. The van der Waals surface area contributed by atoms with Crippen LogP contribution in [0.3, 0.4) is 0 Å². The molecule has 1 aliphatic heterocycles. The minimum absolute atomic E-state index is 0.170. The second-order valence-corrected chi connectivity index (χ2v) is 8.52. The number of fused-ring (bicyclic) bond motifs is 1. The van der Waals surface area contributed by atoms with E-state index >= 15 is 0 Å². The van der Waals surface area contributed by atoms with Crippen molar-refractivity contribution in [1.29, 1.82) is 0 Å². The molecule has 8 nitrogen and oxygen atoms in total. The fourth-order valence-electron chi connectivity index (χ4n) is 3.36. The van der Waals surface area contributed by atoms with Gasteiger partial charge in [0.05, 0.1) is 12.6 Å². The van der Waals surface area contributed by atoms with Crippen molar-refractivity contribution >= 4 is 20.9 Å². The van der Waals surface area contributed by atoms with Crippen molar-refractivity contribution in [2.24, 2.45) is 0 Å². The van der Waals surface area contributed by atoms with E-state index in [9.17, 15) is 13.2 Å². The van der Waals surface area contributed by atoms with Gasteiger partial charge in [-0.1, -0.05) is 0 Å². The number of benzene rings is 1. The first-order valence-electron chi connectivity index (χ1n) is 8.51. The molecule has 1 saturated heterocycles. The van der Waals surface area contributed by atoms with Gasteiger partial charge in [0.25, 0.3) is 5.56 Å². The predicted molar refractivity (Wildman–Crippen MR) is 101 cm³/mol. The van der Waals surface area contributed by atoms with Gasteiger partial charge in [-0.2, -0.15) is 0 Å². The van der Waals surface area contributed by atoms with E-state index in [1.54, 1.807) is 19.2 Å². The lowest BCUT2D eigenvalue weighted by atomic mass is 10.1. The van der Waals surface area contributed by atoms with Gasteiger partial charge in [0.2, 0.25) is 10.0 Å². The lowest BCUT2D eigenvalue weighted by Crippen LogP contribution is -2.45. The van der Waals surface area contributed by atoms with E-state index in [4.69, 9.17) is 4.74 Å². The molecular weight excluding hydrogens is 356 g/mol. The Labute approximate surface area is 152 Å². The first kappa shape index (κ1) is 18.8. The summed E-state index contributed by atoms with van der Waals surface area (Å²) in [4.78, 5) is 15.1. The van der Waals surface area contributed by atoms with Crippen LogP contribution in [0.4, 0.5) is 0 Å². The standard InChI is InChI=1S/C17H24N4O4S/c1-10-16(11(2)21-20-10)26(23,24)18-7-6-13-8-12-4-5-14(25-3)9-15(12)19-17(13)22/h4-5,8-11,16,18,20-21H,6-7H2,1-3H3,(H,19,22). The van der Waals surface area contributed by atoms with Gasteiger partial charge in [-0.05, 0) is 43.9 Å². The van der Waals surface area contributed by atoms with Crippen LogP contribution in [0.25, 0.3) is 10.9 Å². The highest BCUT2D eigenvalue weighted by molar-refractivity contribution is 7.90. The Morgan fingerprint density at radius 2 is 1.85 bits per heavy atom. The molecule has 2 unspecified atom stereocenters. The van der Waals surface area contributed by atoms with Crippen LogP contribution < -0.4 is 25.9 Å². The number of hydrogen-bond donors (Lipinski definition) is 4. The van der Waals surface area contributed by atoms with Gasteiger partial charge in [-0.25, -0.2) is 13.1 Å². The molecule has 2 heterocycles. The highest BCUT2D eigenvalue weighted by Crippen LogP contribution is 2.19. The minimum atomic E-state index is -3.50. The third-order valence-corrected chi connectivity index (χ3v) is 6.85. The number of hydrogen-bond acceptors (Lipinski definition) is 6. The van der Waals surface area contributed by atoms with Crippen LogP contribution in [0.1, 0.15) is 19.4 Å². The van der Waals surface area contributed by atoms with Crippen molar-refractivity contribution in [3.8, 4) is 5.75 Å². The molecule has 9 heteroatoms. The number of aromatic amines is 1. The van der Waals surface area contributed by atoms with Crippen molar-refractivity contribution in [2.45, 2.75) is 37.6 Å². The zero-order valence-electron chi connectivity index (χ0n) is 15.0. The maximum atomic E-state index is 12.5. The molecule has 1 fully saturated rings. The third-order valence-electron chi connectivity index (χ3n) is 4.71. The smallest absolute Gasteiger partial charge is 0.251 e. The van der Waals surface area contributed by atoms with Crippen molar-refractivity contribution in [3.05, 3.63) is 40.2 Å². The summed E-state index contributed by atoms with van der Waals surface area (Å²) in [5.41, 5.74) is 6.87. The molecule has 0 saturated carbocycles. The van der Waals surface area contributed by atoms with Gasteiger partial charge in [0, 0.05) is 30.3 Å².